The second-order valence-corrected chi connectivity index (χ2v) is 6.85. The molecule has 0 aromatic heterocycles. The molecule has 2 rings (SSSR count). The fourth-order valence-corrected chi connectivity index (χ4v) is 3.33. The fourth-order valence-electron chi connectivity index (χ4n) is 2.84. The molecule has 1 aromatic carbocycles. The number of hydrogen-bond acceptors (Lipinski definition) is 3. The summed E-state index contributed by atoms with van der Waals surface area (Å²) in [5.74, 6) is 2.06. The van der Waals surface area contributed by atoms with Crippen LogP contribution in [0.25, 0.3) is 0 Å². The number of aliphatic imine (C=N–C) groups is 1. The molecule has 0 spiro atoms. The summed E-state index contributed by atoms with van der Waals surface area (Å²) in [6.07, 6.45) is 4.48. The molecule has 0 amide bonds. The van der Waals surface area contributed by atoms with E-state index in [2.05, 4.69) is 28.3 Å². The van der Waals surface area contributed by atoms with E-state index in [1.165, 1.54) is 18.2 Å². The summed E-state index contributed by atoms with van der Waals surface area (Å²) < 4.78 is 13.9. The average molecular weight is 353 g/mol. The van der Waals surface area contributed by atoms with Crippen molar-refractivity contribution in [1.82, 2.24) is 10.2 Å². The van der Waals surface area contributed by atoms with E-state index >= 15 is 0 Å². The molecule has 6 heteroatoms. The molecule has 1 saturated heterocycles. The van der Waals surface area contributed by atoms with Crippen molar-refractivity contribution in [1.29, 1.82) is 0 Å². The Morgan fingerprint density at radius 2 is 1.96 bits per heavy atom. The number of nitrogens with zero attached hydrogens (tertiary/aromatic N) is 3. The van der Waals surface area contributed by atoms with Gasteiger partial charge in [-0.3, -0.25) is 4.99 Å². The Kier molecular flexibility index (Phi) is 8.22. The molecule has 0 atom stereocenters. The lowest BCUT2D eigenvalue weighted by Crippen LogP contribution is -2.52. The van der Waals surface area contributed by atoms with Crippen LogP contribution in [0.5, 0.6) is 0 Å². The zero-order valence-corrected chi connectivity index (χ0v) is 15.6. The lowest BCUT2D eigenvalue weighted by Gasteiger charge is -2.37. The second kappa shape index (κ2) is 10.4. The van der Waals surface area contributed by atoms with Gasteiger partial charge >= 0.3 is 0 Å². The number of halogens is 1. The fraction of sp³-hybridized carbons (Fsp3) is 0.611. The molecular weight excluding hydrogens is 323 g/mol. The van der Waals surface area contributed by atoms with Crippen molar-refractivity contribution in [2.45, 2.75) is 19.8 Å². The Morgan fingerprint density at radius 1 is 1.21 bits per heavy atom. The topological polar surface area (TPSA) is 30.9 Å². The van der Waals surface area contributed by atoms with Crippen LogP contribution in [-0.4, -0.2) is 62.1 Å². The molecule has 24 heavy (non-hydrogen) atoms. The third-order valence-electron chi connectivity index (χ3n) is 4.13. The summed E-state index contributed by atoms with van der Waals surface area (Å²) in [7, 11) is 0. The molecule has 0 radical (unpaired) electrons. The van der Waals surface area contributed by atoms with Gasteiger partial charge in [-0.05, 0) is 43.9 Å². The molecule has 1 N–H and O–H groups in total. The Hall–Kier alpha value is -1.43. The maximum absolute atomic E-state index is 13.9. The number of hydrogen-bond donors (Lipinski definition) is 1. The van der Waals surface area contributed by atoms with E-state index in [1.54, 1.807) is 6.07 Å². The number of unbranched alkanes of at least 4 members (excludes halogenated alkanes) is 1. The van der Waals surface area contributed by atoms with Crippen LogP contribution < -0.4 is 10.2 Å². The van der Waals surface area contributed by atoms with Crippen molar-refractivity contribution in [3.05, 3.63) is 30.1 Å². The Morgan fingerprint density at radius 3 is 2.62 bits per heavy atom. The SMILES string of the molecule is CCNC(=NCCCCSC)N1CCN(c2ccccc2F)CC1. The summed E-state index contributed by atoms with van der Waals surface area (Å²) in [6, 6.07) is 7.02. The average Bonchev–Trinajstić information content (AvgIpc) is 2.61. The number of thioether (sulfide) groups is 1. The lowest BCUT2D eigenvalue weighted by molar-refractivity contribution is 0.370. The molecular formula is C18H29FN4S. The van der Waals surface area contributed by atoms with Crippen molar-refractivity contribution in [3.63, 3.8) is 0 Å². The van der Waals surface area contributed by atoms with Gasteiger partial charge in [0, 0.05) is 39.3 Å². The maximum Gasteiger partial charge on any atom is 0.194 e. The molecule has 1 aliphatic heterocycles. The van der Waals surface area contributed by atoms with Gasteiger partial charge in [-0.25, -0.2) is 4.39 Å². The van der Waals surface area contributed by atoms with Crippen LogP contribution in [0, 0.1) is 5.82 Å². The van der Waals surface area contributed by atoms with Crippen molar-refractivity contribution in [3.8, 4) is 0 Å². The minimum atomic E-state index is -0.139. The largest absolute Gasteiger partial charge is 0.366 e. The number of anilines is 1. The highest BCUT2D eigenvalue weighted by atomic mass is 32.2. The van der Waals surface area contributed by atoms with E-state index in [0.717, 1.165) is 51.6 Å². The summed E-state index contributed by atoms with van der Waals surface area (Å²) in [5.41, 5.74) is 0.705. The smallest absolute Gasteiger partial charge is 0.194 e. The first-order valence-corrected chi connectivity index (χ1v) is 10.2. The van der Waals surface area contributed by atoms with Gasteiger partial charge in [-0.2, -0.15) is 11.8 Å². The predicted molar refractivity (Wildman–Crippen MR) is 104 cm³/mol. The molecule has 0 aliphatic carbocycles. The van der Waals surface area contributed by atoms with Crippen LogP contribution in [0.4, 0.5) is 10.1 Å². The van der Waals surface area contributed by atoms with Gasteiger partial charge in [0.1, 0.15) is 5.82 Å². The van der Waals surface area contributed by atoms with Crippen molar-refractivity contribution in [2.24, 2.45) is 4.99 Å². The monoisotopic (exact) mass is 352 g/mol. The van der Waals surface area contributed by atoms with E-state index in [0.29, 0.717) is 5.69 Å². The second-order valence-electron chi connectivity index (χ2n) is 5.86. The normalized spacial score (nSPS) is 15.7. The van der Waals surface area contributed by atoms with E-state index in [4.69, 9.17) is 4.99 Å². The van der Waals surface area contributed by atoms with E-state index in [1.807, 2.05) is 23.9 Å². The van der Waals surface area contributed by atoms with E-state index in [-0.39, 0.29) is 5.82 Å². The molecule has 0 unspecified atom stereocenters. The minimum Gasteiger partial charge on any atom is -0.366 e. The van der Waals surface area contributed by atoms with Gasteiger partial charge in [0.05, 0.1) is 5.69 Å². The third kappa shape index (κ3) is 5.58. The quantitative estimate of drug-likeness (QED) is 0.464. The van der Waals surface area contributed by atoms with Gasteiger partial charge in [-0.1, -0.05) is 12.1 Å². The van der Waals surface area contributed by atoms with Gasteiger partial charge in [0.15, 0.2) is 5.96 Å². The molecule has 1 aliphatic rings. The van der Waals surface area contributed by atoms with Crippen molar-refractivity contribution in [2.75, 3.05) is 56.2 Å². The zero-order chi connectivity index (χ0) is 17.2. The minimum absolute atomic E-state index is 0.139. The molecule has 4 nitrogen and oxygen atoms in total. The van der Waals surface area contributed by atoms with Gasteiger partial charge < -0.3 is 15.1 Å². The summed E-state index contributed by atoms with van der Waals surface area (Å²) in [6.45, 7) is 7.21. The van der Waals surface area contributed by atoms with Crippen LogP contribution in [0.1, 0.15) is 19.8 Å². The first-order valence-electron chi connectivity index (χ1n) is 8.78. The Balaban J connectivity index is 1.88. The number of benzene rings is 1. The van der Waals surface area contributed by atoms with Gasteiger partial charge in [-0.15, -0.1) is 0 Å². The molecule has 1 fully saturated rings. The number of nitrogens with one attached hydrogen (secondary N) is 1. The lowest BCUT2D eigenvalue weighted by atomic mass is 10.2. The molecule has 1 heterocycles. The third-order valence-corrected chi connectivity index (χ3v) is 4.82. The van der Waals surface area contributed by atoms with Gasteiger partial charge in [0.2, 0.25) is 0 Å². The van der Waals surface area contributed by atoms with E-state index < -0.39 is 0 Å². The summed E-state index contributed by atoms with van der Waals surface area (Å²) in [4.78, 5) is 9.16. The van der Waals surface area contributed by atoms with Gasteiger partial charge in [0.25, 0.3) is 0 Å². The Labute approximate surface area is 149 Å². The van der Waals surface area contributed by atoms with Crippen molar-refractivity contribution >= 4 is 23.4 Å². The molecule has 134 valence electrons. The van der Waals surface area contributed by atoms with Crippen LogP contribution >= 0.6 is 11.8 Å². The standard InChI is InChI=1S/C18H29FN4S/c1-3-20-18(21-10-6-7-15-24-2)23-13-11-22(12-14-23)17-9-5-4-8-16(17)19/h4-5,8-9H,3,6-7,10-15H2,1-2H3,(H,20,21). The Bertz CT molecular complexity index is 515. The number of para-hydroxylation sites is 1. The molecule has 1 aromatic rings. The van der Waals surface area contributed by atoms with Crippen molar-refractivity contribution < 1.29 is 4.39 Å². The number of guanidine groups is 1. The summed E-state index contributed by atoms with van der Waals surface area (Å²) >= 11 is 1.89. The highest BCUT2D eigenvalue weighted by molar-refractivity contribution is 7.98. The number of piperazine rings is 1. The van der Waals surface area contributed by atoms with Crippen LogP contribution in [0.3, 0.4) is 0 Å². The molecule has 0 bridgehead atoms. The predicted octanol–water partition coefficient (Wildman–Crippen LogP) is 3.06. The first kappa shape index (κ1) is 18.9. The molecule has 0 saturated carbocycles. The maximum atomic E-state index is 13.9. The van der Waals surface area contributed by atoms with E-state index in [9.17, 15) is 4.39 Å². The first-order chi connectivity index (χ1) is 11.8. The van der Waals surface area contributed by atoms with Crippen LogP contribution in [0.15, 0.2) is 29.3 Å². The van der Waals surface area contributed by atoms with Crippen LogP contribution in [-0.2, 0) is 0 Å². The summed E-state index contributed by atoms with van der Waals surface area (Å²) in [5, 5.41) is 3.39. The number of rotatable bonds is 7. The highest BCUT2D eigenvalue weighted by Crippen LogP contribution is 2.20. The zero-order valence-electron chi connectivity index (χ0n) is 14.8. The van der Waals surface area contributed by atoms with Crippen LogP contribution in [0.2, 0.25) is 0 Å². The highest BCUT2D eigenvalue weighted by Gasteiger charge is 2.21.